The molecule has 1 aliphatic rings. The molecule has 0 unspecified atom stereocenters. The number of hydrogen-bond acceptors (Lipinski definition) is 4. The maximum atomic E-state index is 12.1. The summed E-state index contributed by atoms with van der Waals surface area (Å²) in [4.78, 5) is 14.2. The van der Waals surface area contributed by atoms with Crippen LogP contribution in [0.15, 0.2) is 16.5 Å². The fourth-order valence-electron chi connectivity index (χ4n) is 2.71. The highest BCUT2D eigenvalue weighted by molar-refractivity contribution is 6.32. The smallest absolute Gasteiger partial charge is 0.374 e. The second-order valence-electron chi connectivity index (χ2n) is 5.02. The van der Waals surface area contributed by atoms with Crippen LogP contribution in [0.5, 0.6) is 0 Å². The van der Waals surface area contributed by atoms with E-state index in [1.165, 1.54) is 0 Å². The molecule has 1 aromatic carbocycles. The Balaban J connectivity index is 2.25. The van der Waals surface area contributed by atoms with Crippen molar-refractivity contribution in [2.45, 2.75) is 19.9 Å². The van der Waals surface area contributed by atoms with Crippen LogP contribution < -0.4 is 0 Å². The van der Waals surface area contributed by atoms with E-state index in [9.17, 15) is 4.79 Å². The largest absolute Gasteiger partial charge is 0.460 e. The van der Waals surface area contributed by atoms with Crippen molar-refractivity contribution in [1.29, 1.82) is 0 Å². The van der Waals surface area contributed by atoms with E-state index in [0.29, 0.717) is 24.5 Å². The second kappa shape index (κ2) is 5.11. The second-order valence-corrected chi connectivity index (χ2v) is 5.42. The predicted molar refractivity (Wildman–Crippen MR) is 77.2 cm³/mol. The SMILES string of the molecule is CCOC(=O)c1oc2ccc(Cl)c3c2c1CN(C)CC3. The van der Waals surface area contributed by atoms with Crippen LogP contribution in [0.4, 0.5) is 0 Å². The lowest BCUT2D eigenvalue weighted by atomic mass is 10.0. The molecule has 1 aromatic heterocycles. The molecule has 5 heteroatoms. The van der Waals surface area contributed by atoms with Crippen LogP contribution in [-0.4, -0.2) is 31.1 Å². The lowest BCUT2D eigenvalue weighted by Gasteiger charge is -2.13. The Morgan fingerprint density at radius 3 is 3.00 bits per heavy atom. The van der Waals surface area contributed by atoms with Gasteiger partial charge in [-0.2, -0.15) is 0 Å². The van der Waals surface area contributed by atoms with Crippen molar-refractivity contribution in [2.75, 3.05) is 20.2 Å². The summed E-state index contributed by atoms with van der Waals surface area (Å²) in [6, 6.07) is 3.64. The molecule has 2 aromatic rings. The lowest BCUT2D eigenvalue weighted by molar-refractivity contribution is 0.0489. The van der Waals surface area contributed by atoms with Crippen LogP contribution in [0.3, 0.4) is 0 Å². The van der Waals surface area contributed by atoms with Gasteiger partial charge in [-0.1, -0.05) is 11.6 Å². The number of furan rings is 1. The van der Waals surface area contributed by atoms with Crippen molar-refractivity contribution >= 4 is 28.5 Å². The highest BCUT2D eigenvalue weighted by atomic mass is 35.5. The summed E-state index contributed by atoms with van der Waals surface area (Å²) >= 11 is 6.30. The summed E-state index contributed by atoms with van der Waals surface area (Å²) < 4.78 is 10.8. The molecule has 0 radical (unpaired) electrons. The third-order valence-electron chi connectivity index (χ3n) is 3.64. The van der Waals surface area contributed by atoms with E-state index >= 15 is 0 Å². The summed E-state index contributed by atoms with van der Waals surface area (Å²) in [5.74, 6) is -0.102. The molecule has 0 amide bonds. The summed E-state index contributed by atoms with van der Waals surface area (Å²) in [5, 5.41) is 1.70. The normalized spacial score (nSPS) is 15.3. The zero-order valence-corrected chi connectivity index (χ0v) is 12.3. The zero-order chi connectivity index (χ0) is 14.3. The van der Waals surface area contributed by atoms with E-state index in [4.69, 9.17) is 20.8 Å². The Bertz CT molecular complexity index is 677. The van der Waals surface area contributed by atoms with Crippen LogP contribution in [-0.2, 0) is 17.7 Å². The third kappa shape index (κ3) is 2.09. The van der Waals surface area contributed by atoms with E-state index < -0.39 is 5.97 Å². The summed E-state index contributed by atoms with van der Waals surface area (Å²) in [6.45, 7) is 3.68. The van der Waals surface area contributed by atoms with Crippen molar-refractivity contribution in [3.05, 3.63) is 34.0 Å². The molecule has 0 atom stereocenters. The van der Waals surface area contributed by atoms with E-state index in [1.807, 2.05) is 19.2 Å². The first kappa shape index (κ1) is 13.5. The minimum atomic E-state index is -0.406. The van der Waals surface area contributed by atoms with Crippen LogP contribution in [0.2, 0.25) is 5.02 Å². The molecule has 1 aliphatic heterocycles. The van der Waals surface area contributed by atoms with Gasteiger partial charge < -0.3 is 14.1 Å². The number of hydrogen-bond donors (Lipinski definition) is 0. The highest BCUT2D eigenvalue weighted by Crippen LogP contribution is 2.36. The first-order valence-electron chi connectivity index (χ1n) is 6.70. The standard InChI is InChI=1S/C15H16ClNO3/c1-3-19-15(18)14-10-8-17(2)7-6-9-11(16)4-5-12(20-14)13(9)10/h4-5H,3,6-8H2,1-2H3. The zero-order valence-electron chi connectivity index (χ0n) is 11.5. The fourth-order valence-corrected chi connectivity index (χ4v) is 2.96. The monoisotopic (exact) mass is 293 g/mol. The van der Waals surface area contributed by atoms with E-state index in [0.717, 1.165) is 34.5 Å². The number of carbonyl (C=O) groups excluding carboxylic acids is 1. The first-order valence-corrected chi connectivity index (χ1v) is 7.08. The van der Waals surface area contributed by atoms with Crippen molar-refractivity contribution in [2.24, 2.45) is 0 Å². The minimum absolute atomic E-state index is 0.305. The van der Waals surface area contributed by atoms with Crippen LogP contribution in [0.25, 0.3) is 11.0 Å². The molecule has 0 N–H and O–H groups in total. The predicted octanol–water partition coefficient (Wildman–Crippen LogP) is 3.25. The fraction of sp³-hybridized carbons (Fsp3) is 0.400. The van der Waals surface area contributed by atoms with Gasteiger partial charge in [-0.3, -0.25) is 0 Å². The molecule has 0 aliphatic carbocycles. The van der Waals surface area contributed by atoms with Gasteiger partial charge in [0, 0.05) is 29.1 Å². The Hall–Kier alpha value is -1.52. The third-order valence-corrected chi connectivity index (χ3v) is 3.99. The van der Waals surface area contributed by atoms with Gasteiger partial charge in [-0.25, -0.2) is 4.79 Å². The van der Waals surface area contributed by atoms with Crippen LogP contribution in [0.1, 0.15) is 28.6 Å². The molecule has 20 heavy (non-hydrogen) atoms. The van der Waals surface area contributed by atoms with Crippen LogP contribution in [0, 0.1) is 0 Å². The lowest BCUT2D eigenvalue weighted by Crippen LogP contribution is -2.20. The molecule has 0 fully saturated rings. The van der Waals surface area contributed by atoms with Gasteiger partial charge in [-0.05, 0) is 38.1 Å². The van der Waals surface area contributed by atoms with Crippen molar-refractivity contribution in [3.8, 4) is 0 Å². The number of nitrogens with zero attached hydrogens (tertiary/aromatic N) is 1. The number of benzene rings is 1. The summed E-state index contributed by atoms with van der Waals surface area (Å²) in [5.41, 5.74) is 2.65. The Morgan fingerprint density at radius 2 is 2.25 bits per heavy atom. The average molecular weight is 294 g/mol. The van der Waals surface area contributed by atoms with Gasteiger partial charge in [0.15, 0.2) is 0 Å². The topological polar surface area (TPSA) is 42.7 Å². The maximum absolute atomic E-state index is 12.1. The molecule has 106 valence electrons. The van der Waals surface area contributed by atoms with Crippen molar-refractivity contribution in [3.63, 3.8) is 0 Å². The number of likely N-dealkylation sites (N-methyl/N-ethyl adjacent to an activating group) is 1. The van der Waals surface area contributed by atoms with Crippen molar-refractivity contribution < 1.29 is 13.9 Å². The van der Waals surface area contributed by atoms with Crippen molar-refractivity contribution in [1.82, 2.24) is 4.90 Å². The van der Waals surface area contributed by atoms with E-state index in [2.05, 4.69) is 4.90 Å². The number of carbonyl (C=O) groups is 1. The Kier molecular flexibility index (Phi) is 3.44. The number of halogens is 1. The van der Waals surface area contributed by atoms with Gasteiger partial charge >= 0.3 is 5.97 Å². The molecule has 0 spiro atoms. The van der Waals surface area contributed by atoms with E-state index in [1.54, 1.807) is 6.92 Å². The van der Waals surface area contributed by atoms with Gasteiger partial charge in [0.1, 0.15) is 5.58 Å². The summed E-state index contributed by atoms with van der Waals surface area (Å²) in [6.07, 6.45) is 0.849. The average Bonchev–Trinajstić information content (AvgIpc) is 2.67. The van der Waals surface area contributed by atoms with Gasteiger partial charge in [0.2, 0.25) is 5.76 Å². The number of ether oxygens (including phenoxy) is 1. The minimum Gasteiger partial charge on any atom is -0.460 e. The number of rotatable bonds is 2. The first-order chi connectivity index (χ1) is 9.61. The molecule has 4 nitrogen and oxygen atoms in total. The van der Waals surface area contributed by atoms with Gasteiger partial charge in [0.25, 0.3) is 0 Å². The number of esters is 1. The highest BCUT2D eigenvalue weighted by Gasteiger charge is 2.27. The van der Waals surface area contributed by atoms with Gasteiger partial charge in [-0.15, -0.1) is 0 Å². The molecule has 3 rings (SSSR count). The molecule has 0 saturated heterocycles. The molecular formula is C15H16ClNO3. The molecule has 2 heterocycles. The molecule has 0 bridgehead atoms. The summed E-state index contributed by atoms with van der Waals surface area (Å²) in [7, 11) is 2.02. The molecule has 0 saturated carbocycles. The maximum Gasteiger partial charge on any atom is 0.374 e. The van der Waals surface area contributed by atoms with E-state index in [-0.39, 0.29) is 0 Å². The quantitative estimate of drug-likeness (QED) is 0.797. The van der Waals surface area contributed by atoms with Gasteiger partial charge in [0.05, 0.1) is 6.61 Å². The van der Waals surface area contributed by atoms with Crippen LogP contribution >= 0.6 is 11.6 Å². The molecular weight excluding hydrogens is 278 g/mol. The Labute approximate surface area is 122 Å². The Morgan fingerprint density at radius 1 is 1.45 bits per heavy atom.